The number of primary amides is 1. The Bertz CT molecular complexity index is 895. The molecule has 150 valence electrons. The van der Waals surface area contributed by atoms with Gasteiger partial charge in [0.1, 0.15) is 5.82 Å². The van der Waals surface area contributed by atoms with Crippen LogP contribution in [-0.4, -0.2) is 45.2 Å². The number of aliphatic hydroxyl groups is 1. The number of amides is 2. The average molecular weight is 408 g/mol. The Morgan fingerprint density at radius 3 is 2.82 bits per heavy atom. The number of fused-ring (bicyclic) bond motifs is 1. The predicted octanol–water partition coefficient (Wildman–Crippen LogP) is 2.65. The highest BCUT2D eigenvalue weighted by Crippen LogP contribution is 2.32. The van der Waals surface area contributed by atoms with Gasteiger partial charge in [0.05, 0.1) is 29.6 Å². The van der Waals surface area contributed by atoms with E-state index in [1.165, 1.54) is 17.0 Å². The van der Waals surface area contributed by atoms with Crippen LogP contribution >= 0.6 is 11.6 Å². The van der Waals surface area contributed by atoms with E-state index in [1.54, 1.807) is 13.0 Å². The van der Waals surface area contributed by atoms with E-state index in [0.717, 1.165) is 16.8 Å². The minimum Gasteiger partial charge on any atom is -0.394 e. The molecular weight excluding hydrogens is 385 g/mol. The van der Waals surface area contributed by atoms with Gasteiger partial charge in [-0.25, -0.2) is 19.2 Å². The fourth-order valence-electron chi connectivity index (χ4n) is 3.28. The van der Waals surface area contributed by atoms with E-state index >= 15 is 0 Å². The fourth-order valence-corrected chi connectivity index (χ4v) is 3.39. The van der Waals surface area contributed by atoms with Gasteiger partial charge < -0.3 is 21.1 Å². The second kappa shape index (κ2) is 8.28. The number of aliphatic hydroxyl groups excluding tert-OH is 1. The van der Waals surface area contributed by atoms with Gasteiger partial charge in [0.2, 0.25) is 5.95 Å². The van der Waals surface area contributed by atoms with Gasteiger partial charge in [-0.05, 0) is 36.6 Å². The van der Waals surface area contributed by atoms with Gasteiger partial charge >= 0.3 is 6.03 Å². The molecule has 2 amide bonds. The molecule has 7 nitrogen and oxygen atoms in total. The van der Waals surface area contributed by atoms with E-state index in [1.807, 2.05) is 6.92 Å². The SMILES string of the molecule is C[C@H](c1ccc(Cl)c(F)c1)c1nc(N[C@@H](C)CO)nc2c1CCN(C(N)=O)C2. The van der Waals surface area contributed by atoms with Gasteiger partial charge in [-0.1, -0.05) is 24.6 Å². The molecular formula is C19H23ClFN5O2. The maximum atomic E-state index is 14.0. The van der Waals surface area contributed by atoms with E-state index < -0.39 is 11.8 Å². The van der Waals surface area contributed by atoms with Crippen molar-refractivity contribution in [2.45, 2.75) is 38.8 Å². The molecule has 0 spiro atoms. The van der Waals surface area contributed by atoms with Gasteiger partial charge in [-0.15, -0.1) is 0 Å². The summed E-state index contributed by atoms with van der Waals surface area (Å²) in [7, 11) is 0. The van der Waals surface area contributed by atoms with Crippen LogP contribution in [0.4, 0.5) is 15.1 Å². The number of halogens is 2. The Morgan fingerprint density at radius 1 is 1.43 bits per heavy atom. The zero-order valence-corrected chi connectivity index (χ0v) is 16.5. The highest BCUT2D eigenvalue weighted by atomic mass is 35.5. The normalized spacial score (nSPS) is 15.7. The molecule has 0 radical (unpaired) electrons. The van der Waals surface area contributed by atoms with Crippen LogP contribution in [0, 0.1) is 5.82 Å². The zero-order valence-electron chi connectivity index (χ0n) is 15.7. The molecule has 0 aliphatic carbocycles. The number of rotatable bonds is 5. The first kappa shape index (κ1) is 20.3. The number of urea groups is 1. The molecule has 0 unspecified atom stereocenters. The van der Waals surface area contributed by atoms with Crippen molar-refractivity contribution in [1.82, 2.24) is 14.9 Å². The number of hydrogen-bond acceptors (Lipinski definition) is 5. The van der Waals surface area contributed by atoms with Crippen LogP contribution < -0.4 is 11.1 Å². The Morgan fingerprint density at radius 2 is 2.18 bits per heavy atom. The van der Waals surface area contributed by atoms with Crippen molar-refractivity contribution >= 4 is 23.6 Å². The Kier molecular flexibility index (Phi) is 6.00. The summed E-state index contributed by atoms with van der Waals surface area (Å²) >= 11 is 5.81. The number of anilines is 1. The van der Waals surface area contributed by atoms with Crippen molar-refractivity contribution in [3.05, 3.63) is 51.6 Å². The van der Waals surface area contributed by atoms with Crippen molar-refractivity contribution in [2.24, 2.45) is 5.73 Å². The minimum atomic E-state index is -0.503. The van der Waals surface area contributed by atoms with Crippen molar-refractivity contribution in [3.63, 3.8) is 0 Å². The topological polar surface area (TPSA) is 104 Å². The molecule has 9 heteroatoms. The van der Waals surface area contributed by atoms with E-state index in [-0.39, 0.29) is 30.1 Å². The highest BCUT2D eigenvalue weighted by molar-refractivity contribution is 6.30. The molecule has 0 saturated heterocycles. The van der Waals surface area contributed by atoms with Gasteiger partial charge in [-0.3, -0.25) is 0 Å². The standard InChI is InChI=1S/C19H23ClFN5O2/c1-10(9-27)23-19-24-16-8-26(18(22)28)6-5-13(16)17(25-19)11(2)12-3-4-14(20)15(21)7-12/h3-4,7,10-11,27H,5-6,8-9H2,1-2H3,(H2,22,28)(H,23,24,25)/t10-,11+/m0/s1. The van der Waals surface area contributed by atoms with Crippen LogP contribution in [0.25, 0.3) is 0 Å². The number of carbonyl (C=O) groups is 1. The maximum absolute atomic E-state index is 14.0. The first-order valence-electron chi connectivity index (χ1n) is 9.06. The molecule has 0 fully saturated rings. The lowest BCUT2D eigenvalue weighted by Gasteiger charge is -2.29. The summed E-state index contributed by atoms with van der Waals surface area (Å²) in [4.78, 5) is 22.3. The van der Waals surface area contributed by atoms with Gasteiger partial charge in [0.15, 0.2) is 0 Å². The van der Waals surface area contributed by atoms with Crippen molar-refractivity contribution in [2.75, 3.05) is 18.5 Å². The summed E-state index contributed by atoms with van der Waals surface area (Å²) in [6, 6.07) is 3.95. The van der Waals surface area contributed by atoms with Crippen LogP contribution in [0.1, 0.15) is 42.3 Å². The summed E-state index contributed by atoms with van der Waals surface area (Å²) in [6.45, 7) is 4.41. The predicted molar refractivity (Wildman–Crippen MR) is 105 cm³/mol. The summed E-state index contributed by atoms with van der Waals surface area (Å²) in [6.07, 6.45) is 0.559. The highest BCUT2D eigenvalue weighted by Gasteiger charge is 2.27. The summed E-state index contributed by atoms with van der Waals surface area (Å²) in [5.74, 6) is -0.349. The first-order chi connectivity index (χ1) is 13.3. The van der Waals surface area contributed by atoms with Gasteiger partial charge in [0.25, 0.3) is 0 Å². The Hall–Kier alpha value is -2.45. The lowest BCUT2D eigenvalue weighted by molar-refractivity contribution is 0.201. The van der Waals surface area contributed by atoms with Crippen molar-refractivity contribution in [3.8, 4) is 0 Å². The van der Waals surface area contributed by atoms with Gasteiger partial charge in [0, 0.05) is 18.5 Å². The van der Waals surface area contributed by atoms with E-state index in [9.17, 15) is 14.3 Å². The molecule has 2 aromatic rings. The van der Waals surface area contributed by atoms with Crippen LogP contribution in [0.15, 0.2) is 18.2 Å². The number of nitrogens with two attached hydrogens (primary N) is 1. The molecule has 1 aromatic carbocycles. The van der Waals surface area contributed by atoms with E-state index in [0.29, 0.717) is 24.6 Å². The van der Waals surface area contributed by atoms with Crippen LogP contribution in [0.5, 0.6) is 0 Å². The fraction of sp³-hybridized carbons (Fsp3) is 0.421. The molecule has 1 aliphatic rings. The van der Waals surface area contributed by atoms with Crippen LogP contribution in [0.3, 0.4) is 0 Å². The number of benzene rings is 1. The number of aromatic nitrogens is 2. The zero-order chi connectivity index (χ0) is 20.4. The van der Waals surface area contributed by atoms with Gasteiger partial charge in [-0.2, -0.15) is 0 Å². The number of carbonyl (C=O) groups excluding carboxylic acids is 1. The molecule has 3 rings (SSSR count). The summed E-state index contributed by atoms with van der Waals surface area (Å²) in [5.41, 5.74) is 8.55. The Balaban J connectivity index is 2.05. The molecule has 2 atom stereocenters. The third-order valence-corrected chi connectivity index (χ3v) is 5.22. The number of nitrogens with one attached hydrogen (secondary N) is 1. The van der Waals surface area contributed by atoms with Crippen molar-refractivity contribution in [1.29, 1.82) is 0 Å². The smallest absolute Gasteiger partial charge is 0.315 e. The van der Waals surface area contributed by atoms with Crippen molar-refractivity contribution < 1.29 is 14.3 Å². The minimum absolute atomic E-state index is 0.0666. The maximum Gasteiger partial charge on any atom is 0.315 e. The molecule has 0 saturated carbocycles. The van der Waals surface area contributed by atoms with E-state index in [4.69, 9.17) is 17.3 Å². The van der Waals surface area contributed by atoms with Crippen LogP contribution in [0.2, 0.25) is 5.02 Å². The second-order valence-electron chi connectivity index (χ2n) is 6.99. The molecule has 28 heavy (non-hydrogen) atoms. The summed E-state index contributed by atoms with van der Waals surface area (Å²) in [5, 5.41) is 12.4. The summed E-state index contributed by atoms with van der Waals surface area (Å²) < 4.78 is 14.0. The molecule has 1 aromatic heterocycles. The van der Waals surface area contributed by atoms with E-state index in [2.05, 4.69) is 15.3 Å². The number of nitrogens with zero attached hydrogens (tertiary/aromatic N) is 3. The average Bonchev–Trinajstić information content (AvgIpc) is 2.68. The lowest BCUT2D eigenvalue weighted by Crippen LogP contribution is -2.40. The third kappa shape index (κ3) is 4.18. The molecule has 0 bridgehead atoms. The monoisotopic (exact) mass is 407 g/mol. The first-order valence-corrected chi connectivity index (χ1v) is 9.44. The largest absolute Gasteiger partial charge is 0.394 e. The lowest BCUT2D eigenvalue weighted by atomic mass is 9.91. The molecule has 2 heterocycles. The second-order valence-corrected chi connectivity index (χ2v) is 7.40. The Labute approximate surface area is 167 Å². The molecule has 1 aliphatic heterocycles. The third-order valence-electron chi connectivity index (χ3n) is 4.91. The molecule has 4 N–H and O–H groups in total. The number of hydrogen-bond donors (Lipinski definition) is 3. The van der Waals surface area contributed by atoms with Crippen LogP contribution in [-0.2, 0) is 13.0 Å². The quantitative estimate of drug-likeness (QED) is 0.706.